The van der Waals surface area contributed by atoms with Crippen LogP contribution in [0.3, 0.4) is 0 Å². The van der Waals surface area contributed by atoms with Gasteiger partial charge < -0.3 is 58.6 Å². The molecule has 4 aliphatic heterocycles. The molecule has 0 bridgehead atoms. The van der Waals surface area contributed by atoms with Crippen LogP contribution in [0.4, 0.5) is 0 Å². The fourth-order valence-electron chi connectivity index (χ4n) is 9.96. The Morgan fingerprint density at radius 2 is 1.62 bits per heavy atom. The number of carbonyl (C=O) groups excluding carboxylic acids is 1. The van der Waals surface area contributed by atoms with Crippen molar-refractivity contribution in [3.05, 3.63) is 35.9 Å². The van der Waals surface area contributed by atoms with Gasteiger partial charge in [-0.05, 0) is 86.3 Å². The van der Waals surface area contributed by atoms with E-state index in [0.717, 1.165) is 17.2 Å². The lowest BCUT2D eigenvalue weighted by Crippen LogP contribution is -2.59. The molecule has 0 aliphatic carbocycles. The van der Waals surface area contributed by atoms with Gasteiger partial charge in [0.15, 0.2) is 17.7 Å². The Bertz CT molecular complexity index is 1590. The van der Waals surface area contributed by atoms with E-state index in [1.54, 1.807) is 46.4 Å². The lowest BCUT2D eigenvalue weighted by Gasteiger charge is -2.48. The molecular weight excluding hydrogens is 791 g/mol. The van der Waals surface area contributed by atoms with E-state index in [2.05, 4.69) is 24.1 Å². The van der Waals surface area contributed by atoms with Crippen LogP contribution >= 0.6 is 11.8 Å². The lowest BCUT2D eigenvalue weighted by molar-refractivity contribution is -0.307. The molecule has 60 heavy (non-hydrogen) atoms. The summed E-state index contributed by atoms with van der Waals surface area (Å²) in [5.74, 6) is -2.42. The summed E-state index contributed by atoms with van der Waals surface area (Å²) in [7, 11) is 5.47. The molecule has 4 aliphatic rings. The zero-order valence-electron chi connectivity index (χ0n) is 38.2. The first kappa shape index (κ1) is 49.1. The van der Waals surface area contributed by atoms with Gasteiger partial charge in [-0.2, -0.15) is 0 Å². The van der Waals surface area contributed by atoms with Crippen LogP contribution < -0.4 is 0 Å². The molecule has 1 aromatic rings. The summed E-state index contributed by atoms with van der Waals surface area (Å²) in [6.07, 6.45) is -6.23. The Morgan fingerprint density at radius 3 is 2.25 bits per heavy atom. The van der Waals surface area contributed by atoms with Crippen molar-refractivity contribution in [1.82, 2.24) is 9.80 Å². The van der Waals surface area contributed by atoms with Crippen molar-refractivity contribution < 1.29 is 53.6 Å². The zero-order valence-corrected chi connectivity index (χ0v) is 39.0. The largest absolute Gasteiger partial charge is 0.459 e. The second-order valence-corrected chi connectivity index (χ2v) is 20.1. The highest BCUT2D eigenvalue weighted by molar-refractivity contribution is 8.14. The number of esters is 1. The van der Waals surface area contributed by atoms with Gasteiger partial charge in [-0.3, -0.25) is 9.79 Å². The van der Waals surface area contributed by atoms with E-state index in [9.17, 15) is 25.2 Å². The number of hydrogen-bond donors (Lipinski definition) is 4. The lowest BCUT2D eigenvalue weighted by atomic mass is 9.77. The van der Waals surface area contributed by atoms with Gasteiger partial charge in [-0.25, -0.2) is 0 Å². The van der Waals surface area contributed by atoms with Crippen LogP contribution in [0.2, 0.25) is 0 Å². The Balaban J connectivity index is 1.56. The molecule has 4 N–H and O–H groups in total. The molecule has 4 heterocycles. The van der Waals surface area contributed by atoms with Gasteiger partial charge in [0.2, 0.25) is 0 Å². The topological polar surface area (TPSA) is 172 Å². The third-order valence-corrected chi connectivity index (χ3v) is 15.2. The van der Waals surface area contributed by atoms with Crippen molar-refractivity contribution in [1.29, 1.82) is 0 Å². The summed E-state index contributed by atoms with van der Waals surface area (Å²) in [5.41, 5.74) is -3.19. The van der Waals surface area contributed by atoms with Crippen LogP contribution in [0.25, 0.3) is 0 Å². The third-order valence-electron chi connectivity index (χ3n) is 13.8. The Morgan fingerprint density at radius 1 is 0.950 bits per heavy atom. The van der Waals surface area contributed by atoms with E-state index >= 15 is 0 Å². The highest BCUT2D eigenvalue weighted by Crippen LogP contribution is 2.44. The number of benzene rings is 1. The molecular formula is C45H75N3O11S. The average Bonchev–Trinajstić information content (AvgIpc) is 3.51. The molecule has 4 fully saturated rings. The molecule has 1 unspecified atom stereocenters. The summed E-state index contributed by atoms with van der Waals surface area (Å²) >= 11 is 1.62. The molecule has 5 rings (SSSR count). The predicted octanol–water partition coefficient (Wildman–Crippen LogP) is 4.58. The normalized spacial score (nSPS) is 46.1. The van der Waals surface area contributed by atoms with Crippen molar-refractivity contribution >= 4 is 22.9 Å². The van der Waals surface area contributed by atoms with Gasteiger partial charge in [-0.15, -0.1) is 0 Å². The van der Waals surface area contributed by atoms with E-state index in [-0.39, 0.29) is 42.6 Å². The number of nitrogens with zero attached hydrogens (tertiary/aromatic N) is 3. The van der Waals surface area contributed by atoms with Crippen molar-refractivity contribution in [3.63, 3.8) is 0 Å². The molecule has 15 heteroatoms. The van der Waals surface area contributed by atoms with Crippen molar-refractivity contribution in [2.24, 2.45) is 22.7 Å². The Hall–Kier alpha value is -1.89. The quantitative estimate of drug-likeness (QED) is 0.268. The molecule has 342 valence electrons. The van der Waals surface area contributed by atoms with Gasteiger partial charge in [0.25, 0.3) is 0 Å². The Labute approximate surface area is 362 Å². The summed E-state index contributed by atoms with van der Waals surface area (Å²) in [4.78, 5) is 23.6. The first-order valence-corrected chi connectivity index (χ1v) is 22.8. The standard InChI is InChI=1S/C45H75N3O11S/c1-14-33-45(10,53)37(49)29(6)47(11)24-25(2)21-43(8,52)39(27(4)35(28(5)40(51)57-33)58-34-22-44(9,54-13)38(50)30(7)56-34)59-41-36-32(20-26(3)55-41)48(12)42(60-36)46-23-31-18-16-15-17-19-31/h15-19,25-30,32-39,41,49-50,52-53H,14,20-24H2,1-13H3/t25-,26-,27+,28-,29-,30+,32+,33?,34+,35+,36+,37-,38+,39-,41+,43-,44-,45-/m1/s1. The number of amidine groups is 1. The minimum absolute atomic E-state index is 0.0521. The van der Waals surface area contributed by atoms with E-state index in [0.29, 0.717) is 13.1 Å². The van der Waals surface area contributed by atoms with Crippen molar-refractivity contribution in [2.45, 2.75) is 191 Å². The summed E-state index contributed by atoms with van der Waals surface area (Å²) in [6.45, 7) is 19.1. The number of thioether (sulfide) groups is 1. The molecule has 1 aromatic carbocycles. The number of likely N-dealkylation sites (N-methyl/N-ethyl adjacent to an activating group) is 1. The molecule has 18 atom stereocenters. The van der Waals surface area contributed by atoms with Crippen LogP contribution in [0.15, 0.2) is 35.3 Å². The first-order valence-electron chi connectivity index (χ1n) is 21.9. The monoisotopic (exact) mass is 866 g/mol. The van der Waals surface area contributed by atoms with Crippen molar-refractivity contribution in [3.8, 4) is 0 Å². The number of cyclic esters (lactones) is 1. The van der Waals surface area contributed by atoms with Gasteiger partial charge >= 0.3 is 5.97 Å². The van der Waals surface area contributed by atoms with Gasteiger partial charge in [0.1, 0.15) is 23.9 Å². The van der Waals surface area contributed by atoms with Crippen LogP contribution in [0.5, 0.6) is 0 Å². The van der Waals surface area contributed by atoms with Gasteiger partial charge in [0, 0.05) is 39.1 Å². The molecule has 4 saturated heterocycles. The maximum Gasteiger partial charge on any atom is 0.311 e. The fraction of sp³-hybridized carbons (Fsp3) is 0.822. The minimum atomic E-state index is -1.79. The first-order chi connectivity index (χ1) is 28.0. The highest BCUT2D eigenvalue weighted by atomic mass is 32.2. The SMILES string of the molecule is CCC1OC(=O)[C@H](C)[C@@H](O[C@H]2C[C@@](C)(OC)[C@@H](O)[C@H](C)O2)[C@H](C)[C@@H](O[C@@H]2O[C@H](C)C[C@H]3[C@@H]2SC(=NCc2ccccc2)N3C)[C@](C)(O)C[C@@H](C)CN(C)[C@H](C)[C@@H](O)[C@]1(C)O. The number of hydrogen-bond acceptors (Lipinski definition) is 14. The Kier molecular flexibility index (Phi) is 16.3. The maximum atomic E-state index is 14.4. The average molecular weight is 866 g/mol. The summed E-state index contributed by atoms with van der Waals surface area (Å²) in [5, 5.41) is 48.1. The number of rotatable bonds is 8. The smallest absolute Gasteiger partial charge is 0.311 e. The molecule has 0 aromatic heterocycles. The van der Waals surface area contributed by atoms with Gasteiger partial charge in [0.05, 0.1) is 59.4 Å². The van der Waals surface area contributed by atoms with Crippen LogP contribution in [0.1, 0.15) is 100 Å². The number of fused-ring (bicyclic) bond motifs is 1. The molecule has 0 amide bonds. The maximum absolute atomic E-state index is 14.4. The minimum Gasteiger partial charge on any atom is -0.459 e. The van der Waals surface area contributed by atoms with E-state index in [1.165, 1.54) is 14.0 Å². The van der Waals surface area contributed by atoms with Crippen LogP contribution in [-0.2, 0) is 39.8 Å². The van der Waals surface area contributed by atoms with E-state index in [1.807, 2.05) is 57.8 Å². The van der Waals surface area contributed by atoms with Crippen LogP contribution in [-0.4, -0.2) is 159 Å². The number of ether oxygens (including phenoxy) is 6. The van der Waals surface area contributed by atoms with Gasteiger partial charge in [-0.1, -0.05) is 62.9 Å². The van der Waals surface area contributed by atoms with Crippen LogP contribution in [0, 0.1) is 17.8 Å². The number of aliphatic hydroxyl groups is 4. The fourth-order valence-corrected chi connectivity index (χ4v) is 11.3. The van der Waals surface area contributed by atoms with Crippen molar-refractivity contribution in [2.75, 3.05) is 27.7 Å². The number of carbonyl (C=O) groups is 1. The zero-order chi connectivity index (χ0) is 44.5. The molecule has 14 nitrogen and oxygen atoms in total. The summed E-state index contributed by atoms with van der Waals surface area (Å²) in [6, 6.07) is 9.65. The highest BCUT2D eigenvalue weighted by Gasteiger charge is 2.54. The number of aliphatic hydroxyl groups excluding tert-OH is 2. The number of aliphatic imine (C=N–C) groups is 1. The summed E-state index contributed by atoms with van der Waals surface area (Å²) < 4.78 is 38.9. The third kappa shape index (κ3) is 10.7. The predicted molar refractivity (Wildman–Crippen MR) is 231 cm³/mol. The molecule has 0 radical (unpaired) electrons. The molecule has 0 spiro atoms. The van der Waals surface area contributed by atoms with E-state index < -0.39 is 89.9 Å². The second kappa shape index (κ2) is 19.9. The molecule has 0 saturated carbocycles. The number of methoxy groups -OCH3 is 1. The second-order valence-electron chi connectivity index (χ2n) is 19.0. The van der Waals surface area contributed by atoms with E-state index in [4.69, 9.17) is 33.4 Å².